The Labute approximate surface area is 132 Å². The van der Waals surface area contributed by atoms with Gasteiger partial charge in [-0.3, -0.25) is 4.79 Å². The van der Waals surface area contributed by atoms with Gasteiger partial charge in [-0.2, -0.15) is 5.26 Å². The summed E-state index contributed by atoms with van der Waals surface area (Å²) in [7, 11) is 0. The van der Waals surface area contributed by atoms with E-state index < -0.39 is 0 Å². The van der Waals surface area contributed by atoms with E-state index in [1.54, 1.807) is 0 Å². The molecule has 0 aliphatic rings. The summed E-state index contributed by atoms with van der Waals surface area (Å²) in [5, 5.41) is 10.7. The van der Waals surface area contributed by atoms with Crippen molar-refractivity contribution in [1.29, 1.82) is 5.26 Å². The van der Waals surface area contributed by atoms with Crippen molar-refractivity contribution >= 4 is 17.5 Å². The Kier molecular flexibility index (Phi) is 6.48. The highest BCUT2D eigenvalue weighted by Gasteiger charge is 2.21. The molecule has 0 aliphatic carbocycles. The highest BCUT2D eigenvalue weighted by Crippen LogP contribution is 2.32. The standard InChI is InChI=1S/C18H25NOS/c1-11(2)14-7-15(12(3)4)18(16(8-14)13(5)6)17(20)9-21-10-19/h7-8,11-13H,9H2,1-6H3. The Balaban J connectivity index is 3.50. The molecular formula is C18H25NOS. The lowest BCUT2D eigenvalue weighted by molar-refractivity contribution is 0.102. The molecule has 0 amide bonds. The maximum Gasteiger partial charge on any atom is 0.174 e. The average molecular weight is 303 g/mol. The van der Waals surface area contributed by atoms with Gasteiger partial charge < -0.3 is 0 Å². The highest BCUT2D eigenvalue weighted by atomic mass is 32.2. The van der Waals surface area contributed by atoms with Gasteiger partial charge in [-0.05, 0) is 46.2 Å². The van der Waals surface area contributed by atoms with Gasteiger partial charge in [0.05, 0.1) is 5.75 Å². The molecule has 0 aliphatic heterocycles. The normalized spacial score (nSPS) is 11.2. The second-order valence-electron chi connectivity index (χ2n) is 6.34. The molecule has 0 unspecified atom stereocenters. The van der Waals surface area contributed by atoms with Crippen LogP contribution in [0.4, 0.5) is 0 Å². The summed E-state index contributed by atoms with van der Waals surface area (Å²) >= 11 is 1.02. The molecule has 0 atom stereocenters. The summed E-state index contributed by atoms with van der Waals surface area (Å²) in [4.78, 5) is 12.6. The third kappa shape index (κ3) is 4.35. The number of benzene rings is 1. The number of nitriles is 1. The zero-order chi connectivity index (χ0) is 16.2. The smallest absolute Gasteiger partial charge is 0.174 e. The molecule has 1 aromatic rings. The van der Waals surface area contributed by atoms with E-state index in [0.29, 0.717) is 17.8 Å². The van der Waals surface area contributed by atoms with Crippen LogP contribution in [0.1, 0.15) is 86.3 Å². The molecule has 0 bridgehead atoms. The minimum absolute atomic E-state index is 0.0734. The third-order valence-electron chi connectivity index (χ3n) is 3.68. The second kappa shape index (κ2) is 7.66. The van der Waals surface area contributed by atoms with Crippen molar-refractivity contribution < 1.29 is 4.79 Å². The number of carbonyl (C=O) groups is 1. The van der Waals surface area contributed by atoms with E-state index in [-0.39, 0.29) is 11.5 Å². The Morgan fingerprint density at radius 2 is 1.52 bits per heavy atom. The van der Waals surface area contributed by atoms with Crippen molar-refractivity contribution in [2.24, 2.45) is 0 Å². The summed E-state index contributed by atoms with van der Waals surface area (Å²) in [6.45, 7) is 12.8. The fourth-order valence-corrected chi connectivity index (χ4v) is 2.79. The first kappa shape index (κ1) is 17.8. The molecular weight excluding hydrogens is 278 g/mol. The van der Waals surface area contributed by atoms with Crippen molar-refractivity contribution in [2.75, 3.05) is 5.75 Å². The predicted octanol–water partition coefficient (Wildman–Crippen LogP) is 5.45. The van der Waals surface area contributed by atoms with Crippen LogP contribution in [0.2, 0.25) is 0 Å². The van der Waals surface area contributed by atoms with E-state index >= 15 is 0 Å². The van der Waals surface area contributed by atoms with Gasteiger partial charge in [0.2, 0.25) is 0 Å². The predicted molar refractivity (Wildman–Crippen MR) is 91.1 cm³/mol. The molecule has 0 saturated carbocycles. The van der Waals surface area contributed by atoms with Crippen molar-refractivity contribution in [1.82, 2.24) is 0 Å². The van der Waals surface area contributed by atoms with Crippen LogP contribution in [0.15, 0.2) is 12.1 Å². The molecule has 2 nitrogen and oxygen atoms in total. The maximum absolute atomic E-state index is 12.6. The molecule has 0 fully saturated rings. The van der Waals surface area contributed by atoms with Crippen LogP contribution in [0, 0.1) is 10.7 Å². The van der Waals surface area contributed by atoms with E-state index in [0.717, 1.165) is 28.5 Å². The van der Waals surface area contributed by atoms with Crippen LogP contribution in [0.3, 0.4) is 0 Å². The van der Waals surface area contributed by atoms with Crippen molar-refractivity contribution in [3.05, 3.63) is 34.4 Å². The summed E-state index contributed by atoms with van der Waals surface area (Å²) in [5.41, 5.74) is 4.36. The molecule has 21 heavy (non-hydrogen) atoms. The summed E-state index contributed by atoms with van der Waals surface area (Å²) in [6.07, 6.45) is 0. The van der Waals surface area contributed by atoms with Crippen LogP contribution in [0.25, 0.3) is 0 Å². The van der Waals surface area contributed by atoms with Gasteiger partial charge in [-0.15, -0.1) is 0 Å². The van der Waals surface area contributed by atoms with E-state index in [4.69, 9.17) is 5.26 Å². The van der Waals surface area contributed by atoms with Crippen molar-refractivity contribution in [2.45, 2.75) is 59.3 Å². The first-order chi connectivity index (χ1) is 9.79. The Morgan fingerprint density at radius 3 is 1.86 bits per heavy atom. The SMILES string of the molecule is CC(C)c1cc(C(C)C)c(C(=O)CSC#N)c(C(C)C)c1. The monoisotopic (exact) mass is 303 g/mol. The molecule has 0 saturated heterocycles. The topological polar surface area (TPSA) is 40.9 Å². The minimum atomic E-state index is 0.0734. The van der Waals surface area contributed by atoms with Gasteiger partial charge in [0.15, 0.2) is 5.78 Å². The zero-order valence-corrected chi connectivity index (χ0v) is 14.7. The number of hydrogen-bond acceptors (Lipinski definition) is 3. The van der Waals surface area contributed by atoms with Gasteiger partial charge in [0.1, 0.15) is 5.40 Å². The average Bonchev–Trinajstić information content (AvgIpc) is 2.42. The molecule has 1 rings (SSSR count). The number of hydrogen-bond donors (Lipinski definition) is 0. The maximum atomic E-state index is 12.6. The lowest BCUT2D eigenvalue weighted by Crippen LogP contribution is -2.13. The number of thioether (sulfide) groups is 1. The van der Waals surface area contributed by atoms with E-state index in [1.807, 2.05) is 5.40 Å². The lowest BCUT2D eigenvalue weighted by atomic mass is 9.83. The number of ketones is 1. The Morgan fingerprint density at radius 1 is 1.05 bits per heavy atom. The van der Waals surface area contributed by atoms with Crippen LogP contribution in [-0.2, 0) is 0 Å². The van der Waals surface area contributed by atoms with Crippen LogP contribution < -0.4 is 0 Å². The van der Waals surface area contributed by atoms with E-state index in [2.05, 4.69) is 53.7 Å². The third-order valence-corrected chi connectivity index (χ3v) is 4.21. The van der Waals surface area contributed by atoms with Crippen LogP contribution in [0.5, 0.6) is 0 Å². The van der Waals surface area contributed by atoms with E-state index in [9.17, 15) is 4.79 Å². The number of Topliss-reactive ketones (excluding diaryl/α,β-unsaturated/α-hetero) is 1. The van der Waals surface area contributed by atoms with Crippen LogP contribution >= 0.6 is 11.8 Å². The quantitative estimate of drug-likeness (QED) is 0.518. The number of nitrogens with zero attached hydrogens (tertiary/aromatic N) is 1. The van der Waals surface area contributed by atoms with Crippen molar-refractivity contribution in [3.63, 3.8) is 0 Å². The molecule has 0 spiro atoms. The van der Waals surface area contributed by atoms with Gasteiger partial charge in [0, 0.05) is 5.56 Å². The van der Waals surface area contributed by atoms with Gasteiger partial charge >= 0.3 is 0 Å². The molecule has 1 aromatic carbocycles. The van der Waals surface area contributed by atoms with Gasteiger partial charge in [-0.25, -0.2) is 0 Å². The Bertz CT molecular complexity index is 524. The molecule has 0 radical (unpaired) electrons. The highest BCUT2D eigenvalue weighted by molar-refractivity contribution is 8.04. The molecule has 0 N–H and O–H groups in total. The largest absolute Gasteiger partial charge is 0.293 e. The second-order valence-corrected chi connectivity index (χ2v) is 7.10. The number of thiocyanates is 1. The molecule has 0 aromatic heterocycles. The van der Waals surface area contributed by atoms with Crippen LogP contribution in [-0.4, -0.2) is 11.5 Å². The molecule has 3 heteroatoms. The molecule has 114 valence electrons. The van der Waals surface area contributed by atoms with Gasteiger partial charge in [-0.1, -0.05) is 53.7 Å². The zero-order valence-electron chi connectivity index (χ0n) is 13.9. The first-order valence-corrected chi connectivity index (χ1v) is 8.49. The lowest BCUT2D eigenvalue weighted by Gasteiger charge is -2.21. The fourth-order valence-electron chi connectivity index (χ4n) is 2.45. The van der Waals surface area contributed by atoms with Crippen molar-refractivity contribution in [3.8, 4) is 5.40 Å². The van der Waals surface area contributed by atoms with Gasteiger partial charge in [0.25, 0.3) is 0 Å². The summed E-state index contributed by atoms with van der Waals surface area (Å²) in [5.74, 6) is 1.35. The fraction of sp³-hybridized carbons (Fsp3) is 0.556. The first-order valence-electron chi connectivity index (χ1n) is 7.51. The minimum Gasteiger partial charge on any atom is -0.293 e. The van der Waals surface area contributed by atoms with E-state index in [1.165, 1.54) is 5.56 Å². The number of carbonyl (C=O) groups excluding carboxylic acids is 1. The number of rotatable bonds is 6. The Hall–Kier alpha value is -1.27. The summed E-state index contributed by atoms with van der Waals surface area (Å²) in [6, 6.07) is 4.34. The molecule has 0 heterocycles. The summed E-state index contributed by atoms with van der Waals surface area (Å²) < 4.78 is 0.